The predicted molar refractivity (Wildman–Crippen MR) is 84.6 cm³/mol. The fourth-order valence-electron chi connectivity index (χ4n) is 3.47. The van der Waals surface area contributed by atoms with Gasteiger partial charge < -0.3 is 9.30 Å². The van der Waals surface area contributed by atoms with Gasteiger partial charge in [-0.3, -0.25) is 4.98 Å². The van der Waals surface area contributed by atoms with E-state index in [0.717, 1.165) is 49.1 Å². The maximum Gasteiger partial charge on any atom is 0.125 e. The molecule has 0 aliphatic carbocycles. The molecule has 1 aliphatic rings. The van der Waals surface area contributed by atoms with Crippen molar-refractivity contribution in [1.82, 2.24) is 14.5 Å². The zero-order valence-corrected chi connectivity index (χ0v) is 13.4. The van der Waals surface area contributed by atoms with Crippen LogP contribution in [0.5, 0.6) is 0 Å². The number of pyridine rings is 1. The minimum absolute atomic E-state index is 0.00385. The SMILES string of the molecule is CCC1(CC)CC(n2c(CCl)nc3cnccc32)CCO1. The summed E-state index contributed by atoms with van der Waals surface area (Å²) in [5, 5.41) is 0. The number of nitrogens with zero attached hydrogens (tertiary/aromatic N) is 3. The van der Waals surface area contributed by atoms with Crippen molar-refractivity contribution in [3.63, 3.8) is 0 Å². The second-order valence-corrected chi connectivity index (χ2v) is 6.05. The van der Waals surface area contributed by atoms with Crippen molar-refractivity contribution in [1.29, 1.82) is 0 Å². The first-order chi connectivity index (χ1) is 10.2. The zero-order chi connectivity index (χ0) is 14.9. The lowest BCUT2D eigenvalue weighted by Gasteiger charge is -2.41. The van der Waals surface area contributed by atoms with Crippen LogP contribution in [0.25, 0.3) is 11.0 Å². The van der Waals surface area contributed by atoms with Gasteiger partial charge in [-0.15, -0.1) is 11.6 Å². The first-order valence-corrected chi connectivity index (χ1v) is 8.27. The van der Waals surface area contributed by atoms with E-state index >= 15 is 0 Å². The van der Waals surface area contributed by atoms with E-state index in [1.807, 2.05) is 18.5 Å². The molecule has 1 fully saturated rings. The standard InChI is InChI=1S/C16H22ClN3O/c1-3-16(4-2)9-12(6-8-21-16)20-14-5-7-18-11-13(14)19-15(20)10-17/h5,7,11-12H,3-4,6,8-10H2,1-2H3. The number of aromatic nitrogens is 3. The highest BCUT2D eigenvalue weighted by Crippen LogP contribution is 2.39. The Hall–Kier alpha value is -1.13. The fourth-order valence-corrected chi connectivity index (χ4v) is 3.66. The molecule has 4 nitrogen and oxygen atoms in total. The van der Waals surface area contributed by atoms with Crippen molar-refractivity contribution in [3.05, 3.63) is 24.3 Å². The van der Waals surface area contributed by atoms with Gasteiger partial charge in [0, 0.05) is 18.8 Å². The highest BCUT2D eigenvalue weighted by atomic mass is 35.5. The third-order valence-corrected chi connectivity index (χ3v) is 5.04. The normalized spacial score (nSPS) is 21.8. The molecular formula is C16H22ClN3O. The molecule has 0 bridgehead atoms. The molecule has 0 aromatic carbocycles. The topological polar surface area (TPSA) is 39.9 Å². The van der Waals surface area contributed by atoms with Gasteiger partial charge in [-0.2, -0.15) is 0 Å². The Morgan fingerprint density at radius 2 is 2.24 bits per heavy atom. The molecule has 114 valence electrons. The van der Waals surface area contributed by atoms with Crippen LogP contribution >= 0.6 is 11.6 Å². The van der Waals surface area contributed by atoms with E-state index in [0.29, 0.717) is 11.9 Å². The molecule has 0 N–H and O–H groups in total. The van der Waals surface area contributed by atoms with Crippen LogP contribution in [-0.4, -0.2) is 26.7 Å². The van der Waals surface area contributed by atoms with E-state index in [9.17, 15) is 0 Å². The summed E-state index contributed by atoms with van der Waals surface area (Å²) in [6.45, 7) is 5.23. The van der Waals surface area contributed by atoms with Crippen LogP contribution in [0.15, 0.2) is 18.5 Å². The molecule has 0 saturated carbocycles. The molecule has 0 spiro atoms. The average Bonchev–Trinajstić information content (AvgIpc) is 2.93. The summed E-state index contributed by atoms with van der Waals surface area (Å²) < 4.78 is 8.41. The molecule has 3 rings (SSSR count). The minimum Gasteiger partial charge on any atom is -0.375 e. The molecule has 5 heteroatoms. The Labute approximate surface area is 130 Å². The van der Waals surface area contributed by atoms with Crippen molar-refractivity contribution in [2.75, 3.05) is 6.61 Å². The molecule has 2 aromatic heterocycles. The second-order valence-electron chi connectivity index (χ2n) is 5.78. The zero-order valence-electron chi connectivity index (χ0n) is 12.7. The van der Waals surface area contributed by atoms with E-state index in [1.54, 1.807) is 0 Å². The number of halogens is 1. The van der Waals surface area contributed by atoms with Gasteiger partial charge in [0.05, 0.1) is 23.2 Å². The molecule has 0 radical (unpaired) electrons. The summed E-state index contributed by atoms with van der Waals surface area (Å²) in [7, 11) is 0. The van der Waals surface area contributed by atoms with Gasteiger partial charge >= 0.3 is 0 Å². The number of hydrogen-bond acceptors (Lipinski definition) is 3. The number of fused-ring (bicyclic) bond motifs is 1. The minimum atomic E-state index is -0.00385. The number of rotatable bonds is 4. The van der Waals surface area contributed by atoms with Gasteiger partial charge in [0.15, 0.2) is 0 Å². The highest BCUT2D eigenvalue weighted by molar-refractivity contribution is 6.16. The lowest BCUT2D eigenvalue weighted by Crippen LogP contribution is -2.39. The maximum atomic E-state index is 6.13. The van der Waals surface area contributed by atoms with Crippen molar-refractivity contribution < 1.29 is 4.74 Å². The fraction of sp³-hybridized carbons (Fsp3) is 0.625. The third-order valence-electron chi connectivity index (χ3n) is 4.81. The van der Waals surface area contributed by atoms with Crippen LogP contribution in [0.1, 0.15) is 51.4 Å². The van der Waals surface area contributed by atoms with Gasteiger partial charge in [0.1, 0.15) is 11.3 Å². The van der Waals surface area contributed by atoms with Crippen molar-refractivity contribution >= 4 is 22.6 Å². The van der Waals surface area contributed by atoms with Crippen molar-refractivity contribution in [3.8, 4) is 0 Å². The monoisotopic (exact) mass is 307 g/mol. The van der Waals surface area contributed by atoms with Gasteiger partial charge in [-0.05, 0) is 31.7 Å². The summed E-state index contributed by atoms with van der Waals surface area (Å²) in [5.41, 5.74) is 2.06. The molecule has 1 unspecified atom stereocenters. The first kappa shape index (κ1) is 14.8. The van der Waals surface area contributed by atoms with Crippen molar-refractivity contribution in [2.24, 2.45) is 0 Å². The summed E-state index contributed by atoms with van der Waals surface area (Å²) in [4.78, 5) is 8.80. The van der Waals surface area contributed by atoms with E-state index in [-0.39, 0.29) is 5.60 Å². The van der Waals surface area contributed by atoms with Gasteiger partial charge in [-0.1, -0.05) is 13.8 Å². The van der Waals surface area contributed by atoms with E-state index in [4.69, 9.17) is 16.3 Å². The first-order valence-electron chi connectivity index (χ1n) is 7.73. The molecule has 1 aliphatic heterocycles. The van der Waals surface area contributed by atoms with Crippen molar-refractivity contribution in [2.45, 2.75) is 57.1 Å². The van der Waals surface area contributed by atoms with Crippen LogP contribution in [-0.2, 0) is 10.6 Å². The van der Waals surface area contributed by atoms with E-state index in [2.05, 4.69) is 28.4 Å². The smallest absolute Gasteiger partial charge is 0.125 e. The molecule has 1 saturated heterocycles. The van der Waals surface area contributed by atoms with Crippen LogP contribution in [0.4, 0.5) is 0 Å². The largest absolute Gasteiger partial charge is 0.375 e. The van der Waals surface area contributed by atoms with Gasteiger partial charge in [0.25, 0.3) is 0 Å². The van der Waals surface area contributed by atoms with Crippen LogP contribution in [0.3, 0.4) is 0 Å². The van der Waals surface area contributed by atoms with Gasteiger partial charge in [-0.25, -0.2) is 4.98 Å². The number of imidazole rings is 1. The molecule has 1 atom stereocenters. The Bertz CT molecular complexity index is 621. The van der Waals surface area contributed by atoms with Crippen LogP contribution < -0.4 is 0 Å². The predicted octanol–water partition coefficient (Wildman–Crippen LogP) is 4.08. The summed E-state index contributed by atoms with van der Waals surface area (Å²) in [5.74, 6) is 1.37. The lowest BCUT2D eigenvalue weighted by molar-refractivity contribution is -0.0984. The molecular weight excluding hydrogens is 286 g/mol. The summed E-state index contributed by atoms with van der Waals surface area (Å²) in [6.07, 6.45) is 7.77. The summed E-state index contributed by atoms with van der Waals surface area (Å²) in [6, 6.07) is 2.44. The Morgan fingerprint density at radius 3 is 2.95 bits per heavy atom. The highest BCUT2D eigenvalue weighted by Gasteiger charge is 2.36. The molecule has 21 heavy (non-hydrogen) atoms. The lowest BCUT2D eigenvalue weighted by atomic mass is 9.85. The number of hydrogen-bond donors (Lipinski definition) is 0. The number of alkyl halides is 1. The Balaban J connectivity index is 2.03. The average molecular weight is 308 g/mol. The van der Waals surface area contributed by atoms with E-state index < -0.39 is 0 Å². The van der Waals surface area contributed by atoms with Gasteiger partial charge in [0.2, 0.25) is 0 Å². The quantitative estimate of drug-likeness (QED) is 0.799. The number of ether oxygens (including phenoxy) is 1. The Kier molecular flexibility index (Phi) is 4.18. The maximum absolute atomic E-state index is 6.13. The van der Waals surface area contributed by atoms with E-state index in [1.165, 1.54) is 0 Å². The van der Waals surface area contributed by atoms with Crippen LogP contribution in [0.2, 0.25) is 0 Å². The summed E-state index contributed by atoms with van der Waals surface area (Å²) >= 11 is 6.13. The molecule has 0 amide bonds. The van der Waals surface area contributed by atoms with Crippen LogP contribution in [0, 0.1) is 0 Å². The second kappa shape index (κ2) is 5.93. The third kappa shape index (κ3) is 2.55. The molecule has 3 heterocycles. The Morgan fingerprint density at radius 1 is 1.43 bits per heavy atom. The molecule has 2 aromatic rings.